The van der Waals surface area contributed by atoms with Crippen LogP contribution in [-0.2, 0) is 16.4 Å². The summed E-state index contributed by atoms with van der Waals surface area (Å²) in [6.45, 7) is 3.53. The van der Waals surface area contributed by atoms with Gasteiger partial charge >= 0.3 is 0 Å². The molecule has 0 aliphatic rings. The molecule has 2 rings (SSSR count). The fourth-order valence-corrected chi connectivity index (χ4v) is 3.01. The van der Waals surface area contributed by atoms with E-state index in [0.717, 1.165) is 12.8 Å². The molecule has 0 saturated carbocycles. The Morgan fingerprint density at radius 2 is 1.80 bits per heavy atom. The van der Waals surface area contributed by atoms with Crippen LogP contribution < -0.4 is 10.0 Å². The van der Waals surface area contributed by atoms with E-state index < -0.39 is 10.0 Å². The Labute approximate surface area is 149 Å². The molecule has 0 fully saturated rings. The van der Waals surface area contributed by atoms with Gasteiger partial charge in [0.2, 0.25) is 10.0 Å². The highest BCUT2D eigenvalue weighted by atomic mass is 32.2. The first-order chi connectivity index (χ1) is 11.9. The molecule has 0 unspecified atom stereocenters. The predicted octanol–water partition coefficient (Wildman–Crippen LogP) is 3.20. The van der Waals surface area contributed by atoms with Gasteiger partial charge in [-0.2, -0.15) is 0 Å². The van der Waals surface area contributed by atoms with Gasteiger partial charge in [0.1, 0.15) is 0 Å². The van der Waals surface area contributed by atoms with Crippen molar-refractivity contribution in [1.29, 1.82) is 0 Å². The highest BCUT2D eigenvalue weighted by Crippen LogP contribution is 2.13. The Morgan fingerprint density at radius 3 is 2.48 bits per heavy atom. The highest BCUT2D eigenvalue weighted by molar-refractivity contribution is 7.92. The van der Waals surface area contributed by atoms with E-state index in [0.29, 0.717) is 11.3 Å². The van der Waals surface area contributed by atoms with Gasteiger partial charge in [0.05, 0.1) is 5.75 Å². The fraction of sp³-hybridized carbons (Fsp3) is 0.316. The summed E-state index contributed by atoms with van der Waals surface area (Å²) in [6.07, 6.45) is 1.72. The quantitative estimate of drug-likeness (QED) is 0.759. The van der Waals surface area contributed by atoms with Gasteiger partial charge in [-0.05, 0) is 50.5 Å². The van der Waals surface area contributed by atoms with Crippen LogP contribution in [-0.4, -0.2) is 26.1 Å². The van der Waals surface area contributed by atoms with Gasteiger partial charge < -0.3 is 5.32 Å². The number of hydrogen-bond acceptors (Lipinski definition) is 3. The van der Waals surface area contributed by atoms with Crippen LogP contribution in [0.2, 0.25) is 0 Å². The molecule has 6 heteroatoms. The molecule has 134 valence electrons. The number of anilines is 1. The van der Waals surface area contributed by atoms with E-state index in [2.05, 4.69) is 22.2 Å². The van der Waals surface area contributed by atoms with E-state index in [1.165, 1.54) is 5.56 Å². The van der Waals surface area contributed by atoms with Crippen molar-refractivity contribution in [2.45, 2.75) is 32.7 Å². The Bertz CT molecular complexity index is 804. The first-order valence-corrected chi connectivity index (χ1v) is 10.00. The normalized spacial score (nSPS) is 12.4. The third kappa shape index (κ3) is 6.23. The lowest BCUT2D eigenvalue weighted by atomic mass is 10.1. The minimum atomic E-state index is -3.36. The molecule has 0 heterocycles. The number of carbonyl (C=O) groups is 1. The first kappa shape index (κ1) is 19.0. The Hall–Kier alpha value is -2.34. The first-order valence-electron chi connectivity index (χ1n) is 8.35. The molecule has 0 spiro atoms. The monoisotopic (exact) mass is 360 g/mol. The van der Waals surface area contributed by atoms with Gasteiger partial charge in [0.25, 0.3) is 5.91 Å². The van der Waals surface area contributed by atoms with Gasteiger partial charge in [-0.3, -0.25) is 9.52 Å². The second-order valence-corrected chi connectivity index (χ2v) is 8.00. The molecule has 2 aromatic rings. The van der Waals surface area contributed by atoms with Gasteiger partial charge in [0.15, 0.2) is 0 Å². The maximum absolute atomic E-state index is 12.4. The summed E-state index contributed by atoms with van der Waals surface area (Å²) in [6, 6.07) is 16.6. The second kappa shape index (κ2) is 8.67. The Kier molecular flexibility index (Phi) is 6.58. The minimum Gasteiger partial charge on any atom is -0.350 e. The van der Waals surface area contributed by atoms with Crippen LogP contribution in [0.1, 0.15) is 36.2 Å². The highest BCUT2D eigenvalue weighted by Gasteiger charge is 2.12. The van der Waals surface area contributed by atoms with Crippen molar-refractivity contribution in [3.05, 3.63) is 65.7 Å². The molecule has 0 bridgehead atoms. The number of sulfonamides is 1. The maximum Gasteiger partial charge on any atom is 0.251 e. The lowest BCUT2D eigenvalue weighted by Crippen LogP contribution is -2.33. The van der Waals surface area contributed by atoms with Crippen LogP contribution in [0.4, 0.5) is 5.69 Å². The molecule has 1 atom stereocenters. The van der Waals surface area contributed by atoms with Crippen molar-refractivity contribution in [2.24, 2.45) is 0 Å². The third-order valence-electron chi connectivity index (χ3n) is 3.86. The molecular weight excluding hydrogens is 336 g/mol. The number of nitrogens with one attached hydrogen (secondary N) is 2. The van der Waals surface area contributed by atoms with Crippen LogP contribution in [0.5, 0.6) is 0 Å². The lowest BCUT2D eigenvalue weighted by molar-refractivity contribution is 0.0938. The average Bonchev–Trinajstić information content (AvgIpc) is 2.61. The zero-order chi connectivity index (χ0) is 18.3. The van der Waals surface area contributed by atoms with E-state index in [9.17, 15) is 13.2 Å². The molecular formula is C19H24N2O3S. The standard InChI is InChI=1S/C19H24N2O3S/c1-3-25(23,24)21-18-11-7-10-17(14-18)19(22)20-15(2)12-13-16-8-5-4-6-9-16/h4-11,14-15,21H,3,12-13H2,1-2H3,(H,20,22)/t15-/m1/s1. The average molecular weight is 360 g/mol. The lowest BCUT2D eigenvalue weighted by Gasteiger charge is -2.14. The van der Waals surface area contributed by atoms with Crippen LogP contribution in [0.25, 0.3) is 0 Å². The maximum atomic E-state index is 12.4. The zero-order valence-corrected chi connectivity index (χ0v) is 15.3. The molecule has 0 aromatic heterocycles. The number of benzene rings is 2. The van der Waals surface area contributed by atoms with Gasteiger partial charge in [-0.25, -0.2) is 8.42 Å². The van der Waals surface area contributed by atoms with Crippen molar-refractivity contribution >= 4 is 21.6 Å². The zero-order valence-electron chi connectivity index (χ0n) is 14.5. The number of amides is 1. The van der Waals surface area contributed by atoms with Crippen molar-refractivity contribution < 1.29 is 13.2 Å². The Balaban J connectivity index is 1.93. The molecule has 2 aromatic carbocycles. The Morgan fingerprint density at radius 1 is 1.08 bits per heavy atom. The summed E-state index contributed by atoms with van der Waals surface area (Å²) in [4.78, 5) is 12.4. The molecule has 5 nitrogen and oxygen atoms in total. The van der Waals surface area contributed by atoms with Crippen molar-refractivity contribution in [3.63, 3.8) is 0 Å². The number of carbonyl (C=O) groups excluding carboxylic acids is 1. The topological polar surface area (TPSA) is 75.3 Å². The summed E-state index contributed by atoms with van der Waals surface area (Å²) in [5.41, 5.74) is 2.06. The molecule has 0 radical (unpaired) electrons. The smallest absolute Gasteiger partial charge is 0.251 e. The van der Waals surface area contributed by atoms with Crippen LogP contribution in [0, 0.1) is 0 Å². The van der Waals surface area contributed by atoms with Gasteiger partial charge in [0, 0.05) is 17.3 Å². The van der Waals surface area contributed by atoms with Crippen molar-refractivity contribution in [3.8, 4) is 0 Å². The van der Waals surface area contributed by atoms with E-state index in [-0.39, 0.29) is 17.7 Å². The second-order valence-electron chi connectivity index (χ2n) is 5.99. The number of rotatable bonds is 8. The van der Waals surface area contributed by atoms with Crippen LogP contribution >= 0.6 is 0 Å². The van der Waals surface area contributed by atoms with Crippen molar-refractivity contribution in [1.82, 2.24) is 5.32 Å². The van der Waals surface area contributed by atoms with Crippen LogP contribution in [0.3, 0.4) is 0 Å². The van der Waals surface area contributed by atoms with Gasteiger partial charge in [-0.15, -0.1) is 0 Å². The van der Waals surface area contributed by atoms with Gasteiger partial charge in [-0.1, -0.05) is 36.4 Å². The summed E-state index contributed by atoms with van der Waals surface area (Å²) in [5.74, 6) is -0.224. The third-order valence-corrected chi connectivity index (χ3v) is 5.17. The SMILES string of the molecule is CCS(=O)(=O)Nc1cccc(C(=O)N[C@H](C)CCc2ccccc2)c1. The molecule has 0 aliphatic heterocycles. The van der Waals surface area contributed by atoms with E-state index in [1.807, 2.05) is 25.1 Å². The number of aryl methyl sites for hydroxylation is 1. The largest absolute Gasteiger partial charge is 0.350 e. The molecule has 25 heavy (non-hydrogen) atoms. The fourth-order valence-electron chi connectivity index (χ4n) is 2.38. The summed E-state index contributed by atoms with van der Waals surface area (Å²) < 4.78 is 25.7. The number of hydrogen-bond donors (Lipinski definition) is 2. The van der Waals surface area contributed by atoms with E-state index >= 15 is 0 Å². The summed E-state index contributed by atoms with van der Waals surface area (Å²) >= 11 is 0. The molecule has 1 amide bonds. The van der Waals surface area contributed by atoms with E-state index in [4.69, 9.17) is 0 Å². The molecule has 0 saturated heterocycles. The molecule has 2 N–H and O–H groups in total. The van der Waals surface area contributed by atoms with Crippen molar-refractivity contribution in [2.75, 3.05) is 10.5 Å². The molecule has 0 aliphatic carbocycles. The minimum absolute atomic E-state index is 0.0139. The summed E-state index contributed by atoms with van der Waals surface area (Å²) in [5, 5.41) is 2.95. The summed E-state index contributed by atoms with van der Waals surface area (Å²) in [7, 11) is -3.36. The van der Waals surface area contributed by atoms with E-state index in [1.54, 1.807) is 31.2 Å². The predicted molar refractivity (Wildman–Crippen MR) is 101 cm³/mol. The van der Waals surface area contributed by atoms with Crippen LogP contribution in [0.15, 0.2) is 54.6 Å².